The number of hydrogen-bond donors (Lipinski definition) is 1. The van der Waals surface area contributed by atoms with Gasteiger partial charge in [-0.15, -0.1) is 0 Å². The predicted molar refractivity (Wildman–Crippen MR) is 100 cm³/mol. The Morgan fingerprint density at radius 1 is 1.08 bits per heavy atom. The van der Waals surface area contributed by atoms with Crippen molar-refractivity contribution in [3.63, 3.8) is 0 Å². The first kappa shape index (κ1) is 18.6. The molecule has 0 aliphatic carbocycles. The minimum Gasteiger partial charge on any atom is -0.493 e. The minimum absolute atomic E-state index is 0.0156. The van der Waals surface area contributed by atoms with Gasteiger partial charge in [0, 0.05) is 18.8 Å². The zero-order valence-corrected chi connectivity index (χ0v) is 15.3. The molecule has 0 unspecified atom stereocenters. The molecular weight excluding hydrogens is 316 g/mol. The summed E-state index contributed by atoms with van der Waals surface area (Å²) in [6.07, 6.45) is 0. The van der Waals surface area contributed by atoms with Gasteiger partial charge in [-0.2, -0.15) is 0 Å². The molecular formula is C20H26N2O3. The minimum atomic E-state index is -0.0156. The number of carbonyl (C=O) groups is 1. The lowest BCUT2D eigenvalue weighted by Gasteiger charge is -2.23. The van der Waals surface area contributed by atoms with Crippen molar-refractivity contribution in [2.24, 2.45) is 0 Å². The van der Waals surface area contributed by atoms with Crippen LogP contribution in [0.2, 0.25) is 0 Å². The number of methoxy groups -OCH3 is 2. The number of rotatable bonds is 8. The van der Waals surface area contributed by atoms with Gasteiger partial charge in [-0.05, 0) is 49.2 Å². The maximum absolute atomic E-state index is 12.3. The van der Waals surface area contributed by atoms with E-state index in [2.05, 4.69) is 29.3 Å². The number of amides is 1. The summed E-state index contributed by atoms with van der Waals surface area (Å²) in [6, 6.07) is 13.8. The third kappa shape index (κ3) is 5.14. The van der Waals surface area contributed by atoms with Gasteiger partial charge in [-0.1, -0.05) is 18.2 Å². The molecule has 0 spiro atoms. The number of anilines is 1. The standard InChI is InChI=1S/C20H26N2O3/c1-5-22(17-8-6-7-15(2)11-17)14-20(23)21-13-16-9-10-18(24-3)19(12-16)25-4/h6-12H,5,13-14H2,1-4H3,(H,21,23). The fourth-order valence-electron chi connectivity index (χ4n) is 2.63. The fraction of sp³-hybridized carbons (Fsp3) is 0.350. The highest BCUT2D eigenvalue weighted by molar-refractivity contribution is 5.81. The summed E-state index contributed by atoms with van der Waals surface area (Å²) in [5, 5.41) is 2.96. The van der Waals surface area contributed by atoms with Crippen molar-refractivity contribution >= 4 is 11.6 Å². The molecule has 25 heavy (non-hydrogen) atoms. The normalized spacial score (nSPS) is 10.2. The number of nitrogens with zero attached hydrogens (tertiary/aromatic N) is 1. The molecule has 0 aliphatic heterocycles. The van der Waals surface area contributed by atoms with Gasteiger partial charge in [-0.3, -0.25) is 4.79 Å². The van der Waals surface area contributed by atoms with E-state index < -0.39 is 0 Å². The number of ether oxygens (including phenoxy) is 2. The summed E-state index contributed by atoms with van der Waals surface area (Å²) in [4.78, 5) is 14.4. The van der Waals surface area contributed by atoms with Gasteiger partial charge in [0.2, 0.25) is 5.91 Å². The second kappa shape index (κ2) is 8.97. The zero-order chi connectivity index (χ0) is 18.2. The first-order valence-electron chi connectivity index (χ1n) is 8.36. The third-order valence-corrected chi connectivity index (χ3v) is 4.02. The number of nitrogens with one attached hydrogen (secondary N) is 1. The van der Waals surface area contributed by atoms with Crippen molar-refractivity contribution in [2.75, 3.05) is 32.2 Å². The second-order valence-corrected chi connectivity index (χ2v) is 5.82. The molecule has 0 bridgehead atoms. The summed E-state index contributed by atoms with van der Waals surface area (Å²) >= 11 is 0. The van der Waals surface area contributed by atoms with Crippen molar-refractivity contribution in [1.82, 2.24) is 5.32 Å². The molecule has 1 N–H and O–H groups in total. The van der Waals surface area contributed by atoms with Crippen LogP contribution >= 0.6 is 0 Å². The molecule has 2 rings (SSSR count). The molecule has 134 valence electrons. The number of hydrogen-bond acceptors (Lipinski definition) is 4. The predicted octanol–water partition coefficient (Wildman–Crippen LogP) is 3.15. The molecule has 0 fully saturated rings. The van der Waals surface area contributed by atoms with E-state index in [4.69, 9.17) is 9.47 Å². The topological polar surface area (TPSA) is 50.8 Å². The second-order valence-electron chi connectivity index (χ2n) is 5.82. The Labute approximate surface area is 149 Å². The lowest BCUT2D eigenvalue weighted by atomic mass is 10.2. The van der Waals surface area contributed by atoms with E-state index >= 15 is 0 Å². The van der Waals surface area contributed by atoms with E-state index in [0.717, 1.165) is 17.8 Å². The van der Waals surface area contributed by atoms with Crippen molar-refractivity contribution < 1.29 is 14.3 Å². The summed E-state index contributed by atoms with van der Waals surface area (Å²) in [5.74, 6) is 1.32. The number of likely N-dealkylation sites (N-methyl/N-ethyl adjacent to an activating group) is 1. The number of aryl methyl sites for hydroxylation is 1. The molecule has 0 heterocycles. The van der Waals surface area contributed by atoms with Crippen molar-refractivity contribution in [2.45, 2.75) is 20.4 Å². The smallest absolute Gasteiger partial charge is 0.239 e. The van der Waals surface area contributed by atoms with Gasteiger partial charge < -0.3 is 19.7 Å². The van der Waals surface area contributed by atoms with E-state index in [1.165, 1.54) is 5.56 Å². The molecule has 5 nitrogen and oxygen atoms in total. The average molecular weight is 342 g/mol. The Morgan fingerprint density at radius 2 is 1.84 bits per heavy atom. The van der Waals surface area contributed by atoms with Crippen LogP contribution < -0.4 is 19.7 Å². The highest BCUT2D eigenvalue weighted by Gasteiger charge is 2.11. The summed E-state index contributed by atoms with van der Waals surface area (Å²) < 4.78 is 10.5. The van der Waals surface area contributed by atoms with E-state index in [-0.39, 0.29) is 5.91 Å². The first-order chi connectivity index (χ1) is 12.1. The van der Waals surface area contributed by atoms with Gasteiger partial charge in [0.15, 0.2) is 11.5 Å². The Balaban J connectivity index is 1.95. The molecule has 2 aromatic rings. The highest BCUT2D eigenvalue weighted by atomic mass is 16.5. The van der Waals surface area contributed by atoms with Crippen LogP contribution in [0.15, 0.2) is 42.5 Å². The Hall–Kier alpha value is -2.69. The molecule has 0 saturated heterocycles. The lowest BCUT2D eigenvalue weighted by Crippen LogP contribution is -2.37. The van der Waals surface area contributed by atoms with E-state index in [1.807, 2.05) is 37.3 Å². The van der Waals surface area contributed by atoms with E-state index in [9.17, 15) is 4.79 Å². The maximum atomic E-state index is 12.3. The largest absolute Gasteiger partial charge is 0.493 e. The highest BCUT2D eigenvalue weighted by Crippen LogP contribution is 2.27. The van der Waals surface area contributed by atoms with Gasteiger partial charge in [0.25, 0.3) is 0 Å². The quantitative estimate of drug-likeness (QED) is 0.801. The Bertz CT molecular complexity index is 716. The summed E-state index contributed by atoms with van der Waals surface area (Å²) in [5.41, 5.74) is 3.20. The van der Waals surface area contributed by atoms with Crippen LogP contribution in [-0.2, 0) is 11.3 Å². The van der Waals surface area contributed by atoms with Gasteiger partial charge in [0.05, 0.1) is 20.8 Å². The fourth-order valence-corrected chi connectivity index (χ4v) is 2.63. The molecule has 0 radical (unpaired) electrons. The van der Waals surface area contributed by atoms with E-state index in [0.29, 0.717) is 24.6 Å². The molecule has 0 aliphatic rings. The summed E-state index contributed by atoms with van der Waals surface area (Å²) in [6.45, 7) is 5.64. The zero-order valence-electron chi connectivity index (χ0n) is 15.3. The van der Waals surface area contributed by atoms with Crippen LogP contribution in [0.1, 0.15) is 18.1 Å². The van der Waals surface area contributed by atoms with Crippen LogP contribution in [0.3, 0.4) is 0 Å². The van der Waals surface area contributed by atoms with Gasteiger partial charge >= 0.3 is 0 Å². The molecule has 1 amide bonds. The molecule has 0 atom stereocenters. The van der Waals surface area contributed by atoms with Crippen molar-refractivity contribution in [1.29, 1.82) is 0 Å². The SMILES string of the molecule is CCN(CC(=O)NCc1ccc(OC)c(OC)c1)c1cccc(C)c1. The monoisotopic (exact) mass is 342 g/mol. The van der Waals surface area contributed by atoms with E-state index in [1.54, 1.807) is 14.2 Å². The maximum Gasteiger partial charge on any atom is 0.239 e. The number of carbonyl (C=O) groups excluding carboxylic acids is 1. The van der Waals surface area contributed by atoms with Crippen LogP contribution in [0.5, 0.6) is 11.5 Å². The third-order valence-electron chi connectivity index (χ3n) is 4.02. The summed E-state index contributed by atoms with van der Waals surface area (Å²) in [7, 11) is 3.20. The Kier molecular flexibility index (Phi) is 6.69. The van der Waals surface area contributed by atoms with Crippen molar-refractivity contribution in [3.8, 4) is 11.5 Å². The molecule has 2 aromatic carbocycles. The molecule has 5 heteroatoms. The van der Waals surface area contributed by atoms with Crippen LogP contribution in [-0.4, -0.2) is 33.2 Å². The van der Waals surface area contributed by atoms with Crippen LogP contribution in [0.4, 0.5) is 5.69 Å². The van der Waals surface area contributed by atoms with Crippen LogP contribution in [0, 0.1) is 6.92 Å². The first-order valence-corrected chi connectivity index (χ1v) is 8.36. The lowest BCUT2D eigenvalue weighted by molar-refractivity contribution is -0.119. The van der Waals surface area contributed by atoms with Crippen LogP contribution in [0.25, 0.3) is 0 Å². The number of benzene rings is 2. The molecule has 0 saturated carbocycles. The van der Waals surface area contributed by atoms with Gasteiger partial charge in [0.1, 0.15) is 0 Å². The Morgan fingerprint density at radius 3 is 2.48 bits per heavy atom. The molecule has 0 aromatic heterocycles. The average Bonchev–Trinajstić information content (AvgIpc) is 2.64. The van der Waals surface area contributed by atoms with Crippen molar-refractivity contribution in [3.05, 3.63) is 53.6 Å². The van der Waals surface area contributed by atoms with Gasteiger partial charge in [-0.25, -0.2) is 0 Å².